The van der Waals surface area contributed by atoms with Crippen LogP contribution in [0.5, 0.6) is 0 Å². The molecular weight excluding hydrogens is 346 g/mol. The Balaban J connectivity index is 2.29. The second-order valence-corrected chi connectivity index (χ2v) is 7.28. The molecule has 1 aliphatic heterocycles. The number of benzene rings is 1. The molecular formula is C15H19N5O4S. The summed E-state index contributed by atoms with van der Waals surface area (Å²) in [4.78, 5) is 15.4. The molecule has 0 bridgehead atoms. The van der Waals surface area contributed by atoms with Crippen molar-refractivity contribution in [3.63, 3.8) is 0 Å². The molecule has 1 aromatic rings. The number of hydrogen-bond donors (Lipinski definition) is 1. The van der Waals surface area contributed by atoms with Crippen molar-refractivity contribution in [2.45, 2.75) is 18.6 Å². The number of nitrogens with zero attached hydrogens (tertiary/aromatic N) is 4. The van der Waals surface area contributed by atoms with Crippen LogP contribution in [0.2, 0.25) is 0 Å². The quantitative estimate of drug-likeness (QED) is 0.257. The topological polar surface area (TPSA) is 138 Å². The molecule has 1 saturated heterocycles. The SMILES string of the molecule is C=CCC1CN(S(N)(=O)=O)CC1(N=[N+]=[N-])C(=O)OCc1ccccc1. The van der Waals surface area contributed by atoms with Crippen LogP contribution in [-0.4, -0.2) is 37.3 Å². The van der Waals surface area contributed by atoms with Crippen LogP contribution < -0.4 is 5.14 Å². The lowest BCUT2D eigenvalue weighted by molar-refractivity contribution is -0.152. The van der Waals surface area contributed by atoms with Crippen molar-refractivity contribution in [2.24, 2.45) is 16.2 Å². The molecule has 0 amide bonds. The van der Waals surface area contributed by atoms with Crippen molar-refractivity contribution in [3.8, 4) is 0 Å². The third-order valence-electron chi connectivity index (χ3n) is 4.12. The summed E-state index contributed by atoms with van der Waals surface area (Å²) in [6.45, 7) is 3.18. The number of azide groups is 1. The Morgan fingerprint density at radius 3 is 2.76 bits per heavy atom. The normalized spacial score (nSPS) is 23.6. The van der Waals surface area contributed by atoms with Gasteiger partial charge in [-0.3, -0.25) is 4.79 Å². The van der Waals surface area contributed by atoms with E-state index in [-0.39, 0.29) is 26.1 Å². The monoisotopic (exact) mass is 365 g/mol. The van der Waals surface area contributed by atoms with Gasteiger partial charge in [-0.05, 0) is 23.4 Å². The summed E-state index contributed by atoms with van der Waals surface area (Å²) in [5.74, 6) is -1.39. The van der Waals surface area contributed by atoms with E-state index in [9.17, 15) is 13.2 Å². The third kappa shape index (κ3) is 4.18. The molecule has 10 heteroatoms. The highest BCUT2D eigenvalue weighted by Gasteiger charge is 2.54. The van der Waals surface area contributed by atoms with Crippen LogP contribution in [0.4, 0.5) is 0 Å². The standard InChI is InChI=1S/C15H19N5O4S/c1-2-6-13-9-20(25(17,22)23)11-15(13,18-19-16)14(21)24-10-12-7-4-3-5-8-12/h2-5,7-8,13H,1,6,9-11H2,(H2,17,22,23). The van der Waals surface area contributed by atoms with Crippen LogP contribution in [0.3, 0.4) is 0 Å². The maximum absolute atomic E-state index is 12.7. The molecule has 134 valence electrons. The van der Waals surface area contributed by atoms with Crippen LogP contribution in [0.25, 0.3) is 10.4 Å². The van der Waals surface area contributed by atoms with E-state index in [1.54, 1.807) is 24.3 Å². The molecule has 0 saturated carbocycles. The largest absolute Gasteiger partial charge is 0.460 e. The zero-order chi connectivity index (χ0) is 18.5. The van der Waals surface area contributed by atoms with Crippen LogP contribution >= 0.6 is 0 Å². The van der Waals surface area contributed by atoms with E-state index in [1.807, 2.05) is 6.07 Å². The number of carbonyl (C=O) groups is 1. The second-order valence-electron chi connectivity index (χ2n) is 5.73. The summed E-state index contributed by atoms with van der Waals surface area (Å²) in [6, 6.07) is 8.98. The number of esters is 1. The molecule has 2 rings (SSSR count). The van der Waals surface area contributed by atoms with Gasteiger partial charge < -0.3 is 4.74 Å². The van der Waals surface area contributed by atoms with Crippen LogP contribution in [-0.2, 0) is 26.3 Å². The summed E-state index contributed by atoms with van der Waals surface area (Å²) in [5, 5.41) is 8.79. The first-order valence-corrected chi connectivity index (χ1v) is 9.00. The Bertz CT molecular complexity index is 791. The minimum absolute atomic E-state index is 0.0153. The molecule has 0 aliphatic carbocycles. The molecule has 25 heavy (non-hydrogen) atoms. The third-order valence-corrected chi connectivity index (χ3v) is 5.12. The molecule has 2 unspecified atom stereocenters. The highest BCUT2D eigenvalue weighted by Crippen LogP contribution is 2.36. The number of nitrogens with two attached hydrogens (primary N) is 1. The fourth-order valence-corrected chi connectivity index (χ4v) is 3.60. The molecule has 0 spiro atoms. The van der Waals surface area contributed by atoms with Gasteiger partial charge in [-0.2, -0.15) is 12.7 Å². The average molecular weight is 365 g/mol. The molecule has 1 aromatic carbocycles. The van der Waals surface area contributed by atoms with Gasteiger partial charge in [-0.25, -0.2) is 5.14 Å². The van der Waals surface area contributed by atoms with Crippen molar-refractivity contribution in [1.29, 1.82) is 0 Å². The minimum Gasteiger partial charge on any atom is -0.460 e. The lowest BCUT2D eigenvalue weighted by atomic mass is 9.85. The molecule has 9 nitrogen and oxygen atoms in total. The van der Waals surface area contributed by atoms with Gasteiger partial charge in [0.1, 0.15) is 6.61 Å². The molecule has 1 aliphatic rings. The van der Waals surface area contributed by atoms with Gasteiger partial charge in [-0.1, -0.05) is 41.5 Å². The lowest BCUT2D eigenvalue weighted by Gasteiger charge is -2.26. The first-order chi connectivity index (χ1) is 11.8. The predicted octanol–water partition coefficient (Wildman–Crippen LogP) is 1.49. The van der Waals surface area contributed by atoms with Gasteiger partial charge in [0.05, 0.1) is 0 Å². The Morgan fingerprint density at radius 1 is 1.52 bits per heavy atom. The Labute approximate surface area is 145 Å². The summed E-state index contributed by atoms with van der Waals surface area (Å²) < 4.78 is 29.6. The van der Waals surface area contributed by atoms with E-state index in [0.717, 1.165) is 9.87 Å². The van der Waals surface area contributed by atoms with Gasteiger partial charge in [0.15, 0.2) is 5.54 Å². The van der Waals surface area contributed by atoms with E-state index in [4.69, 9.17) is 15.4 Å². The van der Waals surface area contributed by atoms with Crippen LogP contribution in [0.15, 0.2) is 48.1 Å². The van der Waals surface area contributed by atoms with Gasteiger partial charge in [0.25, 0.3) is 10.2 Å². The Kier molecular flexibility index (Phi) is 5.81. The molecule has 1 fully saturated rings. The van der Waals surface area contributed by atoms with Crippen molar-refractivity contribution < 1.29 is 17.9 Å². The summed E-state index contributed by atoms with van der Waals surface area (Å²) in [5.41, 5.74) is 8.01. The fourth-order valence-electron chi connectivity index (χ4n) is 2.84. The average Bonchev–Trinajstić information content (AvgIpc) is 2.94. The number of allylic oxidation sites excluding steroid dienone is 1. The van der Waals surface area contributed by atoms with Crippen molar-refractivity contribution in [3.05, 3.63) is 59.0 Å². The first kappa shape index (κ1) is 18.9. The zero-order valence-electron chi connectivity index (χ0n) is 13.5. The van der Waals surface area contributed by atoms with Gasteiger partial charge in [0, 0.05) is 18.0 Å². The summed E-state index contributed by atoms with van der Waals surface area (Å²) in [7, 11) is -4.04. The van der Waals surface area contributed by atoms with Crippen molar-refractivity contribution in [2.75, 3.05) is 13.1 Å². The maximum atomic E-state index is 12.7. The van der Waals surface area contributed by atoms with Gasteiger partial charge in [0.2, 0.25) is 0 Å². The fraction of sp³-hybridized carbons (Fsp3) is 0.400. The highest BCUT2D eigenvalue weighted by molar-refractivity contribution is 7.86. The minimum atomic E-state index is -4.04. The van der Waals surface area contributed by atoms with Crippen LogP contribution in [0, 0.1) is 5.92 Å². The van der Waals surface area contributed by atoms with Gasteiger partial charge >= 0.3 is 5.97 Å². The zero-order valence-corrected chi connectivity index (χ0v) is 14.3. The van der Waals surface area contributed by atoms with E-state index < -0.39 is 27.6 Å². The van der Waals surface area contributed by atoms with Crippen molar-refractivity contribution in [1.82, 2.24) is 4.31 Å². The Hall–Kier alpha value is -2.39. The second kappa shape index (κ2) is 7.66. The smallest absolute Gasteiger partial charge is 0.320 e. The molecule has 1 heterocycles. The number of rotatable bonds is 7. The van der Waals surface area contributed by atoms with Crippen LogP contribution in [0.1, 0.15) is 12.0 Å². The molecule has 2 N–H and O–H groups in total. The predicted molar refractivity (Wildman–Crippen MR) is 91.1 cm³/mol. The van der Waals surface area contributed by atoms with E-state index in [1.165, 1.54) is 6.08 Å². The number of ether oxygens (including phenoxy) is 1. The molecule has 0 aromatic heterocycles. The Morgan fingerprint density at radius 2 is 2.20 bits per heavy atom. The van der Waals surface area contributed by atoms with Crippen molar-refractivity contribution >= 4 is 16.2 Å². The van der Waals surface area contributed by atoms with E-state index in [0.29, 0.717) is 0 Å². The van der Waals surface area contributed by atoms with E-state index in [2.05, 4.69) is 16.6 Å². The highest BCUT2D eigenvalue weighted by atomic mass is 32.2. The lowest BCUT2D eigenvalue weighted by Crippen LogP contribution is -2.46. The first-order valence-electron chi connectivity index (χ1n) is 7.49. The summed E-state index contributed by atoms with van der Waals surface area (Å²) >= 11 is 0. The molecule has 2 atom stereocenters. The van der Waals surface area contributed by atoms with E-state index >= 15 is 0 Å². The maximum Gasteiger partial charge on any atom is 0.320 e. The van der Waals surface area contributed by atoms with Gasteiger partial charge in [-0.15, -0.1) is 6.58 Å². The summed E-state index contributed by atoms with van der Waals surface area (Å²) in [6.07, 6.45) is 1.80. The number of carbonyl (C=O) groups excluding carboxylic acids is 1. The number of hydrogen-bond acceptors (Lipinski definition) is 5. The molecule has 0 radical (unpaired) electrons.